The number of fused-ring (bicyclic) bond motifs is 1. The molecule has 2 aromatic rings. The van der Waals surface area contributed by atoms with Crippen LogP contribution in [0.3, 0.4) is 0 Å². The SMILES string of the molecule is O=C(c1ncn2c1COC(c1ccccc1)C2)N1CCC(C(=O)N2CCCC2)CC1. The number of hydrogen-bond donors (Lipinski definition) is 0. The molecule has 0 bridgehead atoms. The van der Waals surface area contributed by atoms with Crippen LogP contribution in [0.4, 0.5) is 0 Å². The highest BCUT2D eigenvalue weighted by Crippen LogP contribution is 2.29. The van der Waals surface area contributed by atoms with Crippen LogP contribution in [0.2, 0.25) is 0 Å². The summed E-state index contributed by atoms with van der Waals surface area (Å²) in [5.41, 5.74) is 2.47. The highest BCUT2D eigenvalue weighted by atomic mass is 16.5. The standard InChI is InChI=1S/C23H28N4O3/c28-22(25-10-4-5-11-25)18-8-12-26(13-9-18)23(29)21-19-15-30-20(14-27(19)16-24-21)17-6-2-1-3-7-17/h1-3,6-7,16,18,20H,4-5,8-15H2. The van der Waals surface area contributed by atoms with Gasteiger partial charge in [0.05, 0.1) is 25.2 Å². The van der Waals surface area contributed by atoms with E-state index in [9.17, 15) is 9.59 Å². The Hall–Kier alpha value is -2.67. The second kappa shape index (κ2) is 8.22. The molecule has 0 aliphatic carbocycles. The van der Waals surface area contributed by atoms with E-state index in [0.717, 1.165) is 50.0 Å². The number of carbonyl (C=O) groups excluding carboxylic acids is 2. The molecule has 2 fully saturated rings. The van der Waals surface area contributed by atoms with E-state index in [0.29, 0.717) is 31.9 Å². The van der Waals surface area contributed by atoms with Crippen molar-refractivity contribution >= 4 is 11.8 Å². The van der Waals surface area contributed by atoms with Crippen LogP contribution in [-0.2, 0) is 22.7 Å². The number of nitrogens with zero attached hydrogens (tertiary/aromatic N) is 4. The van der Waals surface area contributed by atoms with Crippen LogP contribution in [0, 0.1) is 5.92 Å². The number of piperidine rings is 1. The summed E-state index contributed by atoms with van der Waals surface area (Å²) in [6.45, 7) is 4.05. The largest absolute Gasteiger partial charge is 0.365 e. The number of aromatic nitrogens is 2. The van der Waals surface area contributed by atoms with Gasteiger partial charge in [0.1, 0.15) is 6.10 Å². The first kappa shape index (κ1) is 19.3. The lowest BCUT2D eigenvalue weighted by molar-refractivity contribution is -0.135. The van der Waals surface area contributed by atoms with Gasteiger partial charge < -0.3 is 19.1 Å². The summed E-state index contributed by atoms with van der Waals surface area (Å²) >= 11 is 0. The molecule has 7 nitrogen and oxygen atoms in total. The minimum atomic E-state index is -0.0439. The zero-order chi connectivity index (χ0) is 20.5. The molecule has 158 valence electrons. The lowest BCUT2D eigenvalue weighted by atomic mass is 9.95. The molecule has 5 rings (SSSR count). The Morgan fingerprint density at radius 3 is 2.43 bits per heavy atom. The second-order valence-electron chi connectivity index (χ2n) is 8.50. The average Bonchev–Trinajstić information content (AvgIpc) is 3.49. The van der Waals surface area contributed by atoms with E-state index in [1.54, 1.807) is 6.33 Å². The zero-order valence-corrected chi connectivity index (χ0v) is 17.2. The molecule has 1 aromatic carbocycles. The first-order chi connectivity index (χ1) is 14.7. The molecule has 1 atom stereocenters. The van der Waals surface area contributed by atoms with Gasteiger partial charge in [0.2, 0.25) is 5.91 Å². The lowest BCUT2D eigenvalue weighted by Crippen LogP contribution is -2.44. The van der Waals surface area contributed by atoms with Crippen LogP contribution in [0.1, 0.15) is 53.5 Å². The smallest absolute Gasteiger partial charge is 0.274 e. The summed E-state index contributed by atoms with van der Waals surface area (Å²) in [5.74, 6) is 0.287. The van der Waals surface area contributed by atoms with Crippen LogP contribution in [0.15, 0.2) is 36.7 Å². The molecular formula is C23H28N4O3. The number of amides is 2. The number of likely N-dealkylation sites (tertiary alicyclic amines) is 2. The lowest BCUT2D eigenvalue weighted by Gasteiger charge is -2.33. The Labute approximate surface area is 176 Å². The maximum Gasteiger partial charge on any atom is 0.274 e. The minimum Gasteiger partial charge on any atom is -0.365 e. The average molecular weight is 409 g/mol. The fourth-order valence-electron chi connectivity index (χ4n) is 4.85. The Kier molecular flexibility index (Phi) is 5.29. The van der Waals surface area contributed by atoms with Crippen LogP contribution in [0.25, 0.3) is 0 Å². The summed E-state index contributed by atoms with van der Waals surface area (Å²) in [5, 5.41) is 0. The van der Waals surface area contributed by atoms with Gasteiger partial charge in [-0.1, -0.05) is 30.3 Å². The molecule has 1 aromatic heterocycles. The first-order valence-electron chi connectivity index (χ1n) is 11.0. The highest BCUT2D eigenvalue weighted by molar-refractivity contribution is 5.93. The molecule has 2 saturated heterocycles. The number of imidazole rings is 1. The van der Waals surface area contributed by atoms with Gasteiger partial charge in [-0.05, 0) is 31.2 Å². The number of ether oxygens (including phenoxy) is 1. The first-order valence-corrected chi connectivity index (χ1v) is 11.0. The number of hydrogen-bond acceptors (Lipinski definition) is 4. The Balaban J connectivity index is 1.22. The zero-order valence-electron chi connectivity index (χ0n) is 17.2. The monoisotopic (exact) mass is 408 g/mol. The van der Waals surface area contributed by atoms with E-state index in [4.69, 9.17) is 4.74 Å². The molecule has 2 amide bonds. The van der Waals surface area contributed by atoms with Crippen molar-refractivity contribution < 1.29 is 14.3 Å². The fourth-order valence-corrected chi connectivity index (χ4v) is 4.85. The van der Waals surface area contributed by atoms with Crippen molar-refractivity contribution in [1.29, 1.82) is 0 Å². The van der Waals surface area contributed by atoms with Crippen molar-refractivity contribution in [3.63, 3.8) is 0 Å². The van der Waals surface area contributed by atoms with Crippen molar-refractivity contribution in [2.24, 2.45) is 5.92 Å². The van der Waals surface area contributed by atoms with E-state index in [1.165, 1.54) is 0 Å². The molecule has 0 N–H and O–H groups in total. The molecule has 7 heteroatoms. The summed E-state index contributed by atoms with van der Waals surface area (Å²) in [4.78, 5) is 34.0. The third-order valence-corrected chi connectivity index (χ3v) is 6.65. The predicted molar refractivity (Wildman–Crippen MR) is 111 cm³/mol. The molecule has 4 heterocycles. The summed E-state index contributed by atoms with van der Waals surface area (Å²) in [7, 11) is 0. The van der Waals surface area contributed by atoms with E-state index < -0.39 is 0 Å². The molecule has 0 radical (unpaired) electrons. The van der Waals surface area contributed by atoms with Crippen molar-refractivity contribution in [2.75, 3.05) is 26.2 Å². The van der Waals surface area contributed by atoms with Crippen LogP contribution in [0.5, 0.6) is 0 Å². The van der Waals surface area contributed by atoms with Gasteiger partial charge in [-0.15, -0.1) is 0 Å². The second-order valence-corrected chi connectivity index (χ2v) is 8.50. The third kappa shape index (κ3) is 3.62. The van der Waals surface area contributed by atoms with Crippen molar-refractivity contribution in [1.82, 2.24) is 19.4 Å². The van der Waals surface area contributed by atoms with Crippen LogP contribution in [-0.4, -0.2) is 57.3 Å². The number of benzene rings is 1. The van der Waals surface area contributed by atoms with Gasteiger partial charge >= 0.3 is 0 Å². The van der Waals surface area contributed by atoms with Gasteiger partial charge in [0.25, 0.3) is 5.91 Å². The minimum absolute atomic E-state index is 0.0248. The van der Waals surface area contributed by atoms with E-state index >= 15 is 0 Å². The Morgan fingerprint density at radius 2 is 1.70 bits per heavy atom. The molecule has 3 aliphatic rings. The van der Waals surface area contributed by atoms with E-state index in [-0.39, 0.29) is 23.8 Å². The van der Waals surface area contributed by atoms with Crippen molar-refractivity contribution in [3.8, 4) is 0 Å². The molecule has 30 heavy (non-hydrogen) atoms. The molecule has 0 saturated carbocycles. The maximum absolute atomic E-state index is 13.1. The van der Waals surface area contributed by atoms with Crippen LogP contribution >= 0.6 is 0 Å². The molecular weight excluding hydrogens is 380 g/mol. The summed E-state index contributed by atoms with van der Waals surface area (Å²) < 4.78 is 8.09. The summed E-state index contributed by atoms with van der Waals surface area (Å²) in [6, 6.07) is 10.1. The van der Waals surface area contributed by atoms with E-state index in [1.807, 2.05) is 32.6 Å². The van der Waals surface area contributed by atoms with Crippen molar-refractivity contribution in [2.45, 2.75) is 44.9 Å². The van der Waals surface area contributed by atoms with Crippen LogP contribution < -0.4 is 0 Å². The topological polar surface area (TPSA) is 67.7 Å². The predicted octanol–water partition coefficient (Wildman–Crippen LogP) is 2.63. The quantitative estimate of drug-likeness (QED) is 0.783. The van der Waals surface area contributed by atoms with Gasteiger partial charge in [-0.25, -0.2) is 4.98 Å². The van der Waals surface area contributed by atoms with Gasteiger partial charge in [-0.3, -0.25) is 9.59 Å². The number of rotatable bonds is 3. The third-order valence-electron chi connectivity index (χ3n) is 6.65. The fraction of sp³-hybridized carbons (Fsp3) is 0.522. The highest BCUT2D eigenvalue weighted by Gasteiger charge is 2.34. The number of carbonyl (C=O) groups is 2. The Morgan fingerprint density at radius 1 is 0.967 bits per heavy atom. The van der Waals surface area contributed by atoms with Crippen molar-refractivity contribution in [3.05, 3.63) is 53.6 Å². The molecule has 3 aliphatic heterocycles. The van der Waals surface area contributed by atoms with Gasteiger partial charge in [0.15, 0.2) is 5.69 Å². The van der Waals surface area contributed by atoms with E-state index in [2.05, 4.69) is 17.1 Å². The van der Waals surface area contributed by atoms with Gasteiger partial charge in [-0.2, -0.15) is 0 Å². The maximum atomic E-state index is 13.1. The Bertz CT molecular complexity index is 912. The normalized spacial score (nSPS) is 22.2. The molecule has 1 unspecified atom stereocenters. The molecule has 0 spiro atoms. The van der Waals surface area contributed by atoms with Gasteiger partial charge in [0, 0.05) is 32.1 Å². The summed E-state index contributed by atoms with van der Waals surface area (Å²) in [6.07, 6.45) is 5.43.